The molecule has 1 nitrogen and oxygen atoms in total. The highest BCUT2D eigenvalue weighted by Gasteiger charge is 1.93. The van der Waals surface area contributed by atoms with Gasteiger partial charge in [0.2, 0.25) is 0 Å². The molecule has 0 amide bonds. The van der Waals surface area contributed by atoms with Crippen molar-refractivity contribution in [3.05, 3.63) is 0 Å². The maximum Gasteiger partial charge on any atom is 0.0476 e. The first-order chi connectivity index (χ1) is 4.77. The Hall–Kier alpha value is 0.310. The Morgan fingerprint density at radius 1 is 1.40 bits per heavy atom. The lowest BCUT2D eigenvalue weighted by Crippen LogP contribution is -2.01. The molecule has 1 atom stereocenters. The molecule has 0 N–H and O–H groups in total. The molecule has 0 saturated heterocycles. The molecule has 0 radical (unpaired) electrons. The van der Waals surface area contributed by atoms with Crippen LogP contribution in [0.3, 0.4) is 0 Å². The third-order valence-electron chi connectivity index (χ3n) is 1.32. The van der Waals surface area contributed by atoms with Crippen LogP contribution in [-0.4, -0.2) is 18.5 Å². The summed E-state index contributed by atoms with van der Waals surface area (Å²) in [6.07, 6.45) is 3.46. The van der Waals surface area contributed by atoms with Gasteiger partial charge in [0, 0.05) is 18.5 Å². The van der Waals surface area contributed by atoms with Crippen LogP contribution in [0.5, 0.6) is 0 Å². The minimum Gasteiger partial charge on any atom is -0.381 e. The normalized spacial score (nSPS) is 13.5. The number of hydrogen-bond acceptors (Lipinski definition) is 2. The molecular weight excluding hydrogens is 144 g/mol. The van der Waals surface area contributed by atoms with Crippen molar-refractivity contribution in [1.29, 1.82) is 0 Å². The van der Waals surface area contributed by atoms with Crippen LogP contribution in [0.4, 0.5) is 0 Å². The molecule has 2 heteroatoms. The van der Waals surface area contributed by atoms with Crippen molar-refractivity contribution in [2.45, 2.75) is 38.4 Å². The zero-order valence-corrected chi connectivity index (χ0v) is 7.86. The molecule has 0 bridgehead atoms. The van der Waals surface area contributed by atoms with Gasteiger partial charge in [-0.3, -0.25) is 0 Å². The van der Waals surface area contributed by atoms with Gasteiger partial charge in [0.05, 0.1) is 0 Å². The summed E-state index contributed by atoms with van der Waals surface area (Å²) in [7, 11) is 0. The van der Waals surface area contributed by atoms with Crippen LogP contribution in [0.15, 0.2) is 0 Å². The molecule has 0 aliphatic heterocycles. The second kappa shape index (κ2) is 7.42. The highest BCUT2D eigenvalue weighted by molar-refractivity contribution is 7.80. The second-order valence-electron chi connectivity index (χ2n) is 2.60. The Labute approximate surface area is 69.6 Å². The standard InChI is InChI=1S/C8H18OS/c1-3-4-6-9-7-5-8(2)10/h8,10H,3-7H2,1-2H3. The van der Waals surface area contributed by atoms with E-state index < -0.39 is 0 Å². The van der Waals surface area contributed by atoms with Crippen molar-refractivity contribution < 1.29 is 4.74 Å². The summed E-state index contributed by atoms with van der Waals surface area (Å²) >= 11 is 4.24. The van der Waals surface area contributed by atoms with Crippen LogP contribution in [0.2, 0.25) is 0 Å². The number of thiol groups is 1. The van der Waals surface area contributed by atoms with Gasteiger partial charge in [-0.2, -0.15) is 12.6 Å². The second-order valence-corrected chi connectivity index (χ2v) is 3.49. The molecular formula is C8H18OS. The summed E-state index contributed by atoms with van der Waals surface area (Å²) in [5.74, 6) is 0. The molecule has 62 valence electrons. The largest absolute Gasteiger partial charge is 0.381 e. The van der Waals surface area contributed by atoms with Gasteiger partial charge in [-0.05, 0) is 12.8 Å². The zero-order valence-electron chi connectivity index (χ0n) is 6.97. The Morgan fingerprint density at radius 2 is 2.10 bits per heavy atom. The van der Waals surface area contributed by atoms with E-state index in [0.29, 0.717) is 5.25 Å². The fraction of sp³-hybridized carbons (Fsp3) is 1.00. The van der Waals surface area contributed by atoms with Crippen molar-refractivity contribution >= 4 is 12.6 Å². The third kappa shape index (κ3) is 8.31. The van der Waals surface area contributed by atoms with Crippen LogP contribution < -0.4 is 0 Å². The Morgan fingerprint density at radius 3 is 2.60 bits per heavy atom. The van der Waals surface area contributed by atoms with E-state index in [1.807, 2.05) is 0 Å². The van der Waals surface area contributed by atoms with Gasteiger partial charge >= 0.3 is 0 Å². The lowest BCUT2D eigenvalue weighted by atomic mass is 10.3. The third-order valence-corrected chi connectivity index (χ3v) is 1.58. The molecule has 0 aliphatic rings. The number of unbranched alkanes of at least 4 members (excludes halogenated alkanes) is 1. The lowest BCUT2D eigenvalue weighted by Gasteiger charge is -2.04. The van der Waals surface area contributed by atoms with E-state index in [1.54, 1.807) is 0 Å². The molecule has 0 aromatic rings. The molecule has 0 aliphatic carbocycles. The van der Waals surface area contributed by atoms with Crippen LogP contribution in [-0.2, 0) is 4.74 Å². The fourth-order valence-electron chi connectivity index (χ4n) is 0.602. The zero-order chi connectivity index (χ0) is 7.82. The molecule has 0 heterocycles. The topological polar surface area (TPSA) is 9.23 Å². The highest BCUT2D eigenvalue weighted by atomic mass is 32.1. The summed E-state index contributed by atoms with van der Waals surface area (Å²) in [6, 6.07) is 0. The molecule has 0 rings (SSSR count). The van der Waals surface area contributed by atoms with Gasteiger partial charge in [-0.25, -0.2) is 0 Å². The van der Waals surface area contributed by atoms with Crippen LogP contribution in [0.25, 0.3) is 0 Å². The molecule has 0 aromatic heterocycles. The summed E-state index contributed by atoms with van der Waals surface area (Å²) in [5.41, 5.74) is 0. The van der Waals surface area contributed by atoms with E-state index in [2.05, 4.69) is 26.5 Å². The minimum atomic E-state index is 0.474. The van der Waals surface area contributed by atoms with Gasteiger partial charge in [0.1, 0.15) is 0 Å². The monoisotopic (exact) mass is 162 g/mol. The summed E-state index contributed by atoms with van der Waals surface area (Å²) in [5, 5.41) is 0.474. The van der Waals surface area contributed by atoms with E-state index in [-0.39, 0.29) is 0 Å². The summed E-state index contributed by atoms with van der Waals surface area (Å²) < 4.78 is 5.34. The van der Waals surface area contributed by atoms with Gasteiger partial charge in [-0.15, -0.1) is 0 Å². The van der Waals surface area contributed by atoms with Crippen LogP contribution >= 0.6 is 12.6 Å². The minimum absolute atomic E-state index is 0.474. The van der Waals surface area contributed by atoms with Crippen molar-refractivity contribution in [3.8, 4) is 0 Å². The first kappa shape index (κ1) is 10.3. The predicted octanol–water partition coefficient (Wildman–Crippen LogP) is 2.51. The Bertz CT molecular complexity index is 64.3. The lowest BCUT2D eigenvalue weighted by molar-refractivity contribution is 0.129. The van der Waals surface area contributed by atoms with Crippen molar-refractivity contribution in [2.24, 2.45) is 0 Å². The average Bonchev–Trinajstić information content (AvgIpc) is 1.87. The fourth-order valence-corrected chi connectivity index (χ4v) is 0.708. The average molecular weight is 162 g/mol. The molecule has 1 unspecified atom stereocenters. The van der Waals surface area contributed by atoms with Gasteiger partial charge in [0.15, 0.2) is 0 Å². The molecule has 0 aromatic carbocycles. The summed E-state index contributed by atoms with van der Waals surface area (Å²) in [6.45, 7) is 6.04. The van der Waals surface area contributed by atoms with E-state index >= 15 is 0 Å². The maximum absolute atomic E-state index is 5.34. The van der Waals surface area contributed by atoms with Crippen molar-refractivity contribution in [3.63, 3.8) is 0 Å². The SMILES string of the molecule is CCCCOCCC(C)S. The van der Waals surface area contributed by atoms with Gasteiger partial charge in [0.25, 0.3) is 0 Å². The van der Waals surface area contributed by atoms with E-state index in [4.69, 9.17) is 4.74 Å². The molecule has 0 spiro atoms. The molecule has 0 saturated carbocycles. The van der Waals surface area contributed by atoms with Crippen LogP contribution in [0, 0.1) is 0 Å². The maximum atomic E-state index is 5.34. The van der Waals surface area contributed by atoms with E-state index in [0.717, 1.165) is 19.6 Å². The van der Waals surface area contributed by atoms with Gasteiger partial charge < -0.3 is 4.74 Å². The number of ether oxygens (including phenoxy) is 1. The predicted molar refractivity (Wildman–Crippen MR) is 48.8 cm³/mol. The van der Waals surface area contributed by atoms with E-state index in [9.17, 15) is 0 Å². The Kier molecular flexibility index (Phi) is 7.65. The highest BCUT2D eigenvalue weighted by Crippen LogP contribution is 1.99. The quantitative estimate of drug-likeness (QED) is 0.466. The van der Waals surface area contributed by atoms with Gasteiger partial charge in [-0.1, -0.05) is 20.3 Å². The summed E-state index contributed by atoms with van der Waals surface area (Å²) in [4.78, 5) is 0. The molecule has 10 heavy (non-hydrogen) atoms. The van der Waals surface area contributed by atoms with Crippen LogP contribution in [0.1, 0.15) is 33.1 Å². The van der Waals surface area contributed by atoms with E-state index in [1.165, 1.54) is 12.8 Å². The number of hydrogen-bond donors (Lipinski definition) is 1. The smallest absolute Gasteiger partial charge is 0.0476 e. The molecule has 0 fully saturated rings. The Balaban J connectivity index is 2.77. The van der Waals surface area contributed by atoms with Crippen molar-refractivity contribution in [2.75, 3.05) is 13.2 Å². The number of rotatable bonds is 6. The van der Waals surface area contributed by atoms with Crippen molar-refractivity contribution in [1.82, 2.24) is 0 Å². The first-order valence-electron chi connectivity index (χ1n) is 4.03. The first-order valence-corrected chi connectivity index (χ1v) is 4.54.